The average molecular weight is 458 g/mol. The minimum Gasteiger partial charge on any atom is -0.383 e. The van der Waals surface area contributed by atoms with E-state index in [1.807, 2.05) is 31.2 Å². The Bertz CT molecular complexity index is 1550. The molecule has 172 valence electrons. The van der Waals surface area contributed by atoms with Gasteiger partial charge < -0.3 is 15.7 Å². The molecule has 0 atom stereocenters. The maximum absolute atomic E-state index is 14.7. The maximum atomic E-state index is 14.7. The average Bonchev–Trinajstić information content (AvgIpc) is 3.59. The van der Waals surface area contributed by atoms with Gasteiger partial charge in [-0.2, -0.15) is 5.10 Å². The van der Waals surface area contributed by atoms with Gasteiger partial charge in [-0.25, -0.2) is 14.1 Å². The van der Waals surface area contributed by atoms with Crippen molar-refractivity contribution in [3.63, 3.8) is 0 Å². The van der Waals surface area contributed by atoms with Crippen molar-refractivity contribution in [2.75, 3.05) is 18.8 Å². The summed E-state index contributed by atoms with van der Waals surface area (Å²) in [5.41, 5.74) is 10.6. The lowest BCUT2D eigenvalue weighted by molar-refractivity contribution is 0.103. The number of aryl methyl sites for hydroxylation is 1. The molecule has 34 heavy (non-hydrogen) atoms. The molecule has 4 N–H and O–H groups in total. The number of fused-ring (bicyclic) bond motifs is 2. The molecule has 1 aliphatic heterocycles. The monoisotopic (exact) mass is 457 g/mol. The lowest BCUT2D eigenvalue weighted by atomic mass is 10.1. The first-order chi connectivity index (χ1) is 16.5. The molecule has 3 aromatic heterocycles. The van der Waals surface area contributed by atoms with Crippen molar-refractivity contribution in [1.29, 1.82) is 0 Å². The van der Waals surface area contributed by atoms with E-state index < -0.39 is 0 Å². The molecule has 0 unspecified atom stereocenters. The molecule has 0 saturated carbocycles. The molecule has 6 rings (SSSR count). The van der Waals surface area contributed by atoms with Gasteiger partial charge in [-0.15, -0.1) is 0 Å². The summed E-state index contributed by atoms with van der Waals surface area (Å²) in [6.07, 6.45) is 3.76. The molecule has 0 bridgehead atoms. The van der Waals surface area contributed by atoms with Crippen molar-refractivity contribution in [2.24, 2.45) is 0 Å². The van der Waals surface area contributed by atoms with Crippen molar-refractivity contribution < 1.29 is 9.18 Å². The van der Waals surface area contributed by atoms with Gasteiger partial charge in [0.25, 0.3) is 0 Å². The Morgan fingerprint density at radius 1 is 1.12 bits per heavy atom. The van der Waals surface area contributed by atoms with Crippen LogP contribution in [-0.4, -0.2) is 48.5 Å². The number of H-pyrrole nitrogens is 2. The predicted molar refractivity (Wildman–Crippen MR) is 129 cm³/mol. The van der Waals surface area contributed by atoms with E-state index in [4.69, 9.17) is 5.73 Å². The molecule has 0 amide bonds. The molecule has 0 radical (unpaired) electrons. The van der Waals surface area contributed by atoms with Crippen LogP contribution in [0.25, 0.3) is 27.6 Å². The summed E-state index contributed by atoms with van der Waals surface area (Å²) in [6, 6.07) is 10.7. The van der Waals surface area contributed by atoms with Crippen LogP contribution in [0.3, 0.4) is 0 Å². The van der Waals surface area contributed by atoms with Crippen LogP contribution >= 0.6 is 0 Å². The van der Waals surface area contributed by atoms with Crippen molar-refractivity contribution >= 4 is 33.5 Å². The molecule has 1 aliphatic rings. The highest BCUT2D eigenvalue weighted by Crippen LogP contribution is 2.26. The number of aromatic nitrogens is 5. The molecular formula is C25H24FN7O. The molecule has 8 nitrogen and oxygen atoms in total. The van der Waals surface area contributed by atoms with Crippen molar-refractivity contribution in [3.05, 3.63) is 71.1 Å². The van der Waals surface area contributed by atoms with Gasteiger partial charge in [-0.1, -0.05) is 0 Å². The third-order valence-electron chi connectivity index (χ3n) is 6.50. The summed E-state index contributed by atoms with van der Waals surface area (Å²) < 4.78 is 16.2. The van der Waals surface area contributed by atoms with Gasteiger partial charge in [-0.3, -0.25) is 9.69 Å². The number of ketones is 1. The third kappa shape index (κ3) is 3.45. The van der Waals surface area contributed by atoms with E-state index >= 15 is 0 Å². The smallest absolute Gasteiger partial charge is 0.214 e. The number of aromatic amines is 2. The lowest BCUT2D eigenvalue weighted by Gasteiger charge is -2.15. The zero-order valence-corrected chi connectivity index (χ0v) is 18.7. The summed E-state index contributed by atoms with van der Waals surface area (Å²) in [5.74, 6) is 0.493. The van der Waals surface area contributed by atoms with Gasteiger partial charge in [0.2, 0.25) is 5.78 Å². The highest BCUT2D eigenvalue weighted by molar-refractivity contribution is 6.12. The minimum absolute atomic E-state index is 0.236. The molecular weight excluding hydrogens is 433 g/mol. The van der Waals surface area contributed by atoms with E-state index in [0.717, 1.165) is 53.9 Å². The van der Waals surface area contributed by atoms with Crippen LogP contribution < -0.4 is 5.73 Å². The molecule has 4 heterocycles. The number of carbonyl (C=O) groups excluding carboxylic acids is 1. The lowest BCUT2D eigenvalue weighted by Crippen LogP contribution is -2.19. The fraction of sp³-hybridized carbons (Fsp3) is 0.240. The fourth-order valence-electron chi connectivity index (χ4n) is 4.77. The number of rotatable bonds is 5. The summed E-state index contributed by atoms with van der Waals surface area (Å²) in [5, 5.41) is 5.14. The number of imidazole rings is 1. The van der Waals surface area contributed by atoms with Crippen LogP contribution in [0.15, 0.2) is 42.6 Å². The second-order valence-electron chi connectivity index (χ2n) is 8.91. The number of halogens is 1. The topological polar surface area (TPSA) is 109 Å². The number of hydrogen-bond donors (Lipinski definition) is 3. The predicted octanol–water partition coefficient (Wildman–Crippen LogP) is 4.09. The minimum atomic E-state index is -0.292. The number of nitrogens with two attached hydrogens (primary N) is 1. The Hall–Kier alpha value is -3.98. The van der Waals surface area contributed by atoms with E-state index in [1.165, 1.54) is 16.9 Å². The summed E-state index contributed by atoms with van der Waals surface area (Å²) in [6.45, 7) is 4.45. The SMILES string of the molecule is Cc1nc2ccc(-n3ncc(C(=O)c4cc5cc(CN6CCCC6)c(F)cc5[nH]4)c3N)cc2[nH]1. The molecule has 1 fully saturated rings. The first kappa shape index (κ1) is 20.6. The fourth-order valence-corrected chi connectivity index (χ4v) is 4.77. The van der Waals surface area contributed by atoms with Gasteiger partial charge in [-0.05, 0) is 69.3 Å². The second kappa shape index (κ2) is 7.81. The van der Waals surface area contributed by atoms with Crippen LogP contribution in [0.5, 0.6) is 0 Å². The number of anilines is 1. The molecule has 5 aromatic rings. The molecule has 2 aromatic carbocycles. The Morgan fingerprint density at radius 2 is 1.94 bits per heavy atom. The van der Waals surface area contributed by atoms with E-state index in [2.05, 4.69) is 25.0 Å². The Balaban J connectivity index is 1.31. The highest BCUT2D eigenvalue weighted by atomic mass is 19.1. The van der Waals surface area contributed by atoms with Gasteiger partial charge >= 0.3 is 0 Å². The molecule has 9 heteroatoms. The first-order valence-electron chi connectivity index (χ1n) is 11.3. The number of nitrogens with zero attached hydrogens (tertiary/aromatic N) is 4. The zero-order chi connectivity index (χ0) is 23.4. The van der Waals surface area contributed by atoms with Crippen LogP contribution in [0.1, 0.15) is 40.3 Å². The highest BCUT2D eigenvalue weighted by Gasteiger charge is 2.21. The quantitative estimate of drug-likeness (QED) is 0.345. The zero-order valence-electron chi connectivity index (χ0n) is 18.7. The Morgan fingerprint density at radius 3 is 2.76 bits per heavy atom. The largest absolute Gasteiger partial charge is 0.383 e. The molecule has 0 aliphatic carbocycles. The number of carbonyl (C=O) groups is 1. The second-order valence-corrected chi connectivity index (χ2v) is 8.91. The number of hydrogen-bond acceptors (Lipinski definition) is 5. The summed E-state index contributed by atoms with van der Waals surface area (Å²) in [4.78, 5) is 26.2. The first-order valence-corrected chi connectivity index (χ1v) is 11.3. The normalized spacial score (nSPS) is 14.5. The van der Waals surface area contributed by atoms with Gasteiger partial charge in [0.15, 0.2) is 0 Å². The van der Waals surface area contributed by atoms with Gasteiger partial charge in [0.05, 0.1) is 34.2 Å². The van der Waals surface area contributed by atoms with E-state index in [0.29, 0.717) is 23.3 Å². The van der Waals surface area contributed by atoms with Crippen LogP contribution in [-0.2, 0) is 6.54 Å². The summed E-state index contributed by atoms with van der Waals surface area (Å²) in [7, 11) is 0. The maximum Gasteiger partial charge on any atom is 0.214 e. The number of nitrogen functional groups attached to an aromatic ring is 1. The van der Waals surface area contributed by atoms with E-state index in [1.54, 1.807) is 6.07 Å². The molecule has 0 spiro atoms. The van der Waals surface area contributed by atoms with Crippen LogP contribution in [0, 0.1) is 12.7 Å². The van der Waals surface area contributed by atoms with Gasteiger partial charge in [0, 0.05) is 23.0 Å². The van der Waals surface area contributed by atoms with Crippen molar-refractivity contribution in [1.82, 2.24) is 29.6 Å². The third-order valence-corrected chi connectivity index (χ3v) is 6.50. The van der Waals surface area contributed by atoms with Crippen molar-refractivity contribution in [2.45, 2.75) is 26.3 Å². The summed E-state index contributed by atoms with van der Waals surface area (Å²) >= 11 is 0. The number of likely N-dealkylation sites (tertiary alicyclic amines) is 1. The van der Waals surface area contributed by atoms with Gasteiger partial charge in [0.1, 0.15) is 17.5 Å². The van der Waals surface area contributed by atoms with Crippen LogP contribution in [0.4, 0.5) is 10.2 Å². The number of nitrogens with one attached hydrogen (secondary N) is 2. The Kier molecular flexibility index (Phi) is 4.73. The van der Waals surface area contributed by atoms with E-state index in [-0.39, 0.29) is 23.0 Å². The Labute approximate surface area is 194 Å². The van der Waals surface area contributed by atoms with E-state index in [9.17, 15) is 9.18 Å². The van der Waals surface area contributed by atoms with Crippen LogP contribution in [0.2, 0.25) is 0 Å². The van der Waals surface area contributed by atoms with Crippen molar-refractivity contribution in [3.8, 4) is 5.69 Å². The molecule has 1 saturated heterocycles. The number of benzene rings is 2. The standard InChI is InChI=1S/C25H24FN7O/c1-14-29-20-5-4-17(10-22(20)30-14)33-25(27)18(12-28-33)24(34)23-9-15-8-16(13-32-6-2-3-7-32)19(26)11-21(15)31-23/h4-5,8-12,31H,2-3,6-7,13,27H2,1H3,(H,29,30).